The second-order valence-corrected chi connectivity index (χ2v) is 4.57. The van der Waals surface area contributed by atoms with Gasteiger partial charge in [-0.25, -0.2) is 0 Å². The third-order valence-corrected chi connectivity index (χ3v) is 3.07. The van der Waals surface area contributed by atoms with Crippen molar-refractivity contribution in [1.29, 1.82) is 0 Å². The first kappa shape index (κ1) is 10.9. The third kappa shape index (κ3) is 2.33. The molecule has 16 heavy (non-hydrogen) atoms. The van der Waals surface area contributed by atoms with E-state index in [1.165, 1.54) is 16.4 Å². The summed E-state index contributed by atoms with van der Waals surface area (Å²) in [5.74, 6) is 0.673. The van der Waals surface area contributed by atoms with Crippen molar-refractivity contribution in [1.82, 2.24) is 0 Å². The van der Waals surface area contributed by atoms with E-state index in [0.717, 1.165) is 11.6 Å². The van der Waals surface area contributed by atoms with E-state index in [9.17, 15) is 0 Å². The van der Waals surface area contributed by atoms with Gasteiger partial charge in [-0.05, 0) is 46.9 Å². The Balaban J connectivity index is 2.44. The van der Waals surface area contributed by atoms with Gasteiger partial charge in [0, 0.05) is 0 Å². The number of rotatable bonds is 1. The highest BCUT2D eigenvalue weighted by Crippen LogP contribution is 2.22. The van der Waals surface area contributed by atoms with E-state index in [2.05, 4.69) is 56.9 Å². The highest BCUT2D eigenvalue weighted by atomic mass is 14.1. The molecule has 0 heteroatoms. The maximum atomic E-state index is 4.05. The second-order valence-electron chi connectivity index (χ2n) is 4.57. The summed E-state index contributed by atoms with van der Waals surface area (Å²) in [5.41, 5.74) is 2.72. The Hall–Kier alpha value is -1.56. The molecule has 1 aliphatic carbocycles. The molecule has 1 aliphatic rings. The molecule has 0 heterocycles. The van der Waals surface area contributed by atoms with E-state index in [4.69, 9.17) is 0 Å². The minimum absolute atomic E-state index is 0.673. The van der Waals surface area contributed by atoms with E-state index >= 15 is 0 Å². The van der Waals surface area contributed by atoms with Crippen LogP contribution in [0.2, 0.25) is 0 Å². The zero-order valence-corrected chi connectivity index (χ0v) is 10.0. The molecule has 0 aliphatic heterocycles. The maximum Gasteiger partial charge on any atom is -0.0184 e. The van der Waals surface area contributed by atoms with E-state index < -0.39 is 0 Å². The van der Waals surface area contributed by atoms with Crippen molar-refractivity contribution in [3.05, 3.63) is 58.0 Å². The molecular formula is C16H18. The van der Waals surface area contributed by atoms with Crippen LogP contribution in [-0.2, 0) is 0 Å². The van der Waals surface area contributed by atoms with Crippen LogP contribution in [0.4, 0.5) is 0 Å². The molecule has 0 nitrogen and oxygen atoms in total. The number of allylic oxidation sites excluding steroid dienone is 4. The van der Waals surface area contributed by atoms with Crippen molar-refractivity contribution in [3.63, 3.8) is 0 Å². The van der Waals surface area contributed by atoms with Crippen LogP contribution in [0.3, 0.4) is 0 Å². The minimum atomic E-state index is 0.673. The van der Waals surface area contributed by atoms with Gasteiger partial charge in [0.1, 0.15) is 0 Å². The smallest absolute Gasteiger partial charge is 0.0184 e. The molecule has 82 valence electrons. The lowest BCUT2D eigenvalue weighted by atomic mass is 9.92. The Labute approximate surface area is 97.3 Å². The van der Waals surface area contributed by atoms with E-state index in [0.29, 0.717) is 5.92 Å². The van der Waals surface area contributed by atoms with Crippen molar-refractivity contribution in [2.75, 3.05) is 0 Å². The molecule has 0 radical (unpaired) electrons. The summed E-state index contributed by atoms with van der Waals surface area (Å²) in [4.78, 5) is 0. The van der Waals surface area contributed by atoms with Crippen molar-refractivity contribution in [2.24, 2.45) is 5.92 Å². The Morgan fingerprint density at radius 2 is 2.06 bits per heavy atom. The molecule has 0 bridgehead atoms. The van der Waals surface area contributed by atoms with Crippen molar-refractivity contribution < 1.29 is 0 Å². The molecule has 1 unspecified atom stereocenters. The summed E-state index contributed by atoms with van der Waals surface area (Å²) in [7, 11) is 0. The monoisotopic (exact) mass is 210 g/mol. The zero-order valence-electron chi connectivity index (χ0n) is 10.0. The lowest BCUT2D eigenvalue weighted by molar-refractivity contribution is 0.726. The molecule has 0 saturated carbocycles. The van der Waals surface area contributed by atoms with Crippen LogP contribution in [0.5, 0.6) is 0 Å². The molecule has 0 spiro atoms. The average molecular weight is 210 g/mol. The van der Waals surface area contributed by atoms with Crippen LogP contribution in [-0.4, -0.2) is 0 Å². The maximum absolute atomic E-state index is 4.05. The highest BCUT2D eigenvalue weighted by molar-refractivity contribution is 5.58. The summed E-state index contributed by atoms with van der Waals surface area (Å²) >= 11 is 0. The predicted molar refractivity (Wildman–Crippen MR) is 71.3 cm³/mol. The molecule has 1 atom stereocenters. The van der Waals surface area contributed by atoms with Gasteiger partial charge in [0.2, 0.25) is 0 Å². The van der Waals surface area contributed by atoms with Crippen LogP contribution in [0.25, 0.3) is 12.7 Å². The van der Waals surface area contributed by atoms with Crippen molar-refractivity contribution >= 4 is 12.7 Å². The first-order valence-corrected chi connectivity index (χ1v) is 5.81. The summed E-state index contributed by atoms with van der Waals surface area (Å²) in [6, 6.07) is 8.26. The fraction of sp³-hybridized carbons (Fsp3) is 0.250. The molecule has 1 aromatic carbocycles. The van der Waals surface area contributed by atoms with Gasteiger partial charge < -0.3 is 0 Å². The Morgan fingerprint density at radius 1 is 1.31 bits per heavy atom. The van der Waals surface area contributed by atoms with E-state index in [-0.39, 0.29) is 0 Å². The average Bonchev–Trinajstić information content (AvgIpc) is 2.25. The first-order valence-electron chi connectivity index (χ1n) is 5.81. The van der Waals surface area contributed by atoms with Crippen LogP contribution in [0, 0.1) is 5.92 Å². The first-order chi connectivity index (χ1) is 7.66. The standard InChI is InChI=1S/C16H18/c1-12-8-9-16(14(3)10-12)11-15-7-5-4-6-13(15)2/h4-7,9-12H,2,8H2,1,3H3/b15-11-. The molecule has 0 amide bonds. The number of hydrogen-bond donors (Lipinski definition) is 0. The fourth-order valence-electron chi connectivity index (χ4n) is 2.08. The third-order valence-electron chi connectivity index (χ3n) is 3.07. The molecule has 0 aromatic heterocycles. The molecule has 2 rings (SSSR count). The highest BCUT2D eigenvalue weighted by Gasteiger charge is 2.06. The normalized spacial score (nSPS) is 21.6. The summed E-state index contributed by atoms with van der Waals surface area (Å²) in [6.45, 7) is 8.49. The van der Waals surface area contributed by atoms with Crippen LogP contribution < -0.4 is 10.4 Å². The molecular weight excluding hydrogens is 192 g/mol. The van der Waals surface area contributed by atoms with Crippen LogP contribution >= 0.6 is 0 Å². The SMILES string of the molecule is C=c1cccc/c1=C/C1=CCC(C)C=C1C. The van der Waals surface area contributed by atoms with Crippen LogP contribution in [0.15, 0.2) is 47.6 Å². The predicted octanol–water partition coefficient (Wildman–Crippen LogP) is 2.79. The van der Waals surface area contributed by atoms with E-state index in [1.54, 1.807) is 0 Å². The summed E-state index contributed by atoms with van der Waals surface area (Å²) in [5, 5.41) is 2.31. The van der Waals surface area contributed by atoms with Gasteiger partial charge in [0.15, 0.2) is 0 Å². The van der Waals surface area contributed by atoms with E-state index in [1.807, 2.05) is 6.07 Å². The lowest BCUT2D eigenvalue weighted by Crippen LogP contribution is -2.22. The van der Waals surface area contributed by atoms with Gasteiger partial charge in [0.05, 0.1) is 0 Å². The van der Waals surface area contributed by atoms with Gasteiger partial charge in [-0.15, -0.1) is 0 Å². The molecule has 1 aromatic rings. The number of hydrogen-bond acceptors (Lipinski definition) is 0. The van der Waals surface area contributed by atoms with Gasteiger partial charge in [-0.1, -0.05) is 49.9 Å². The topological polar surface area (TPSA) is 0 Å². The van der Waals surface area contributed by atoms with Crippen LogP contribution in [0.1, 0.15) is 20.3 Å². The summed E-state index contributed by atoms with van der Waals surface area (Å²) < 4.78 is 0. The van der Waals surface area contributed by atoms with Gasteiger partial charge in [0.25, 0.3) is 0 Å². The van der Waals surface area contributed by atoms with Crippen molar-refractivity contribution in [3.8, 4) is 0 Å². The Morgan fingerprint density at radius 3 is 2.75 bits per heavy atom. The zero-order chi connectivity index (χ0) is 11.5. The summed E-state index contributed by atoms with van der Waals surface area (Å²) in [6.07, 6.45) is 8.05. The molecule has 0 fully saturated rings. The fourth-order valence-corrected chi connectivity index (χ4v) is 2.08. The molecule has 0 N–H and O–H groups in total. The number of benzene rings is 1. The second kappa shape index (κ2) is 4.52. The quantitative estimate of drug-likeness (QED) is 0.668. The largest absolute Gasteiger partial charge is 0.0912 e. The van der Waals surface area contributed by atoms with Gasteiger partial charge in [-0.2, -0.15) is 0 Å². The Bertz CT molecular complexity index is 544. The Kier molecular flexibility index (Phi) is 3.09. The van der Waals surface area contributed by atoms with Gasteiger partial charge in [-0.3, -0.25) is 0 Å². The van der Waals surface area contributed by atoms with Gasteiger partial charge >= 0.3 is 0 Å². The lowest BCUT2D eigenvalue weighted by Gasteiger charge is -2.14. The van der Waals surface area contributed by atoms with Crippen molar-refractivity contribution in [2.45, 2.75) is 20.3 Å². The molecule has 0 saturated heterocycles. The minimum Gasteiger partial charge on any atom is -0.0912 e.